The molecule has 0 atom stereocenters. The van der Waals surface area contributed by atoms with Crippen molar-refractivity contribution in [3.8, 4) is 0 Å². The van der Waals surface area contributed by atoms with Gasteiger partial charge in [0.1, 0.15) is 11.6 Å². The Balaban J connectivity index is 1.98. The van der Waals surface area contributed by atoms with Crippen molar-refractivity contribution in [1.29, 1.82) is 0 Å². The molecule has 1 aliphatic heterocycles. The summed E-state index contributed by atoms with van der Waals surface area (Å²) in [4.78, 5) is 4.52. The van der Waals surface area contributed by atoms with E-state index in [1.54, 1.807) is 0 Å². The maximum atomic E-state index is 11.6. The largest absolute Gasteiger partial charge is 0.381 e. The topological polar surface area (TPSA) is 61.2 Å². The highest BCUT2D eigenvalue weighted by atomic mass is 32.2. The van der Waals surface area contributed by atoms with Crippen molar-refractivity contribution in [2.75, 3.05) is 19.5 Å². The van der Waals surface area contributed by atoms with E-state index in [4.69, 9.17) is 4.74 Å². The average molecular weight is 308 g/mol. The molecule has 6 heteroatoms. The lowest BCUT2D eigenvalue weighted by Gasteiger charge is -2.23. The van der Waals surface area contributed by atoms with Crippen molar-refractivity contribution in [3.63, 3.8) is 0 Å². The zero-order valence-corrected chi connectivity index (χ0v) is 13.0. The Labute approximate surface area is 124 Å². The number of imidazole rings is 1. The van der Waals surface area contributed by atoms with Gasteiger partial charge in [-0.15, -0.1) is 0 Å². The Bertz CT molecular complexity index is 730. The van der Waals surface area contributed by atoms with Gasteiger partial charge in [-0.05, 0) is 30.9 Å². The second-order valence-electron chi connectivity index (χ2n) is 5.75. The van der Waals surface area contributed by atoms with Crippen molar-refractivity contribution >= 4 is 20.9 Å². The van der Waals surface area contributed by atoms with E-state index in [0.717, 1.165) is 43.6 Å². The Hall–Kier alpha value is -1.40. The molecule has 114 valence electrons. The van der Waals surface area contributed by atoms with E-state index < -0.39 is 9.84 Å². The summed E-state index contributed by atoms with van der Waals surface area (Å²) in [6, 6.07) is 7.84. The number of para-hydroxylation sites is 2. The third-order valence-corrected chi connectivity index (χ3v) is 4.69. The average Bonchev–Trinajstić information content (AvgIpc) is 2.76. The Morgan fingerprint density at radius 2 is 2.00 bits per heavy atom. The Morgan fingerprint density at radius 1 is 1.29 bits per heavy atom. The zero-order chi connectivity index (χ0) is 14.9. The molecule has 1 aromatic carbocycles. The first kappa shape index (κ1) is 14.5. The standard InChI is InChI=1S/C15H20N2O3S/c1-21(18,19)11-15-16-13-4-2-3-5-14(13)17(15)10-12-6-8-20-9-7-12/h2-5,12H,6-11H2,1H3. The molecule has 5 nitrogen and oxygen atoms in total. The van der Waals surface area contributed by atoms with Gasteiger partial charge < -0.3 is 9.30 Å². The summed E-state index contributed by atoms with van der Waals surface area (Å²) < 4.78 is 30.8. The maximum Gasteiger partial charge on any atom is 0.154 e. The molecule has 1 aliphatic rings. The summed E-state index contributed by atoms with van der Waals surface area (Å²) in [7, 11) is -3.10. The summed E-state index contributed by atoms with van der Waals surface area (Å²) in [5.74, 6) is 1.16. The molecule has 3 rings (SSSR count). The van der Waals surface area contributed by atoms with Crippen molar-refractivity contribution in [3.05, 3.63) is 30.1 Å². The fourth-order valence-electron chi connectivity index (χ4n) is 2.86. The minimum absolute atomic E-state index is 0.00903. The summed E-state index contributed by atoms with van der Waals surface area (Å²) >= 11 is 0. The molecule has 0 saturated carbocycles. The number of sulfone groups is 1. The van der Waals surface area contributed by atoms with E-state index in [2.05, 4.69) is 9.55 Å². The number of hydrogen-bond acceptors (Lipinski definition) is 4. The molecule has 0 spiro atoms. The quantitative estimate of drug-likeness (QED) is 0.867. The summed E-state index contributed by atoms with van der Waals surface area (Å²) in [5, 5.41) is 0. The number of benzene rings is 1. The molecule has 0 bridgehead atoms. The van der Waals surface area contributed by atoms with E-state index in [1.165, 1.54) is 6.26 Å². The van der Waals surface area contributed by atoms with E-state index >= 15 is 0 Å². The van der Waals surface area contributed by atoms with E-state index in [-0.39, 0.29) is 5.75 Å². The van der Waals surface area contributed by atoms with Crippen LogP contribution in [0.4, 0.5) is 0 Å². The Morgan fingerprint density at radius 3 is 2.71 bits per heavy atom. The van der Waals surface area contributed by atoms with E-state index in [9.17, 15) is 8.42 Å². The van der Waals surface area contributed by atoms with Crippen molar-refractivity contribution in [2.24, 2.45) is 5.92 Å². The number of hydrogen-bond donors (Lipinski definition) is 0. The van der Waals surface area contributed by atoms with Gasteiger partial charge in [0.05, 0.1) is 11.0 Å². The first-order valence-electron chi connectivity index (χ1n) is 7.22. The molecule has 0 N–H and O–H groups in total. The Kier molecular flexibility index (Phi) is 3.99. The van der Waals surface area contributed by atoms with Crippen LogP contribution in [0.1, 0.15) is 18.7 Å². The molecule has 1 saturated heterocycles. The smallest absolute Gasteiger partial charge is 0.154 e. The van der Waals surface area contributed by atoms with Gasteiger partial charge in [0.2, 0.25) is 0 Å². The SMILES string of the molecule is CS(=O)(=O)Cc1nc2ccccc2n1CC1CCOCC1. The van der Waals surface area contributed by atoms with Gasteiger partial charge in [0.25, 0.3) is 0 Å². The second kappa shape index (κ2) is 5.77. The van der Waals surface area contributed by atoms with Crippen molar-refractivity contribution in [2.45, 2.75) is 25.1 Å². The van der Waals surface area contributed by atoms with Crippen LogP contribution in [0.25, 0.3) is 11.0 Å². The number of aromatic nitrogens is 2. The number of rotatable bonds is 4. The third kappa shape index (κ3) is 3.44. The predicted molar refractivity (Wildman–Crippen MR) is 81.8 cm³/mol. The van der Waals surface area contributed by atoms with Crippen LogP contribution in [0.3, 0.4) is 0 Å². The second-order valence-corrected chi connectivity index (χ2v) is 7.89. The first-order valence-corrected chi connectivity index (χ1v) is 9.28. The van der Waals surface area contributed by atoms with Gasteiger partial charge in [-0.3, -0.25) is 0 Å². The lowest BCUT2D eigenvalue weighted by Crippen LogP contribution is -2.22. The summed E-state index contributed by atoms with van der Waals surface area (Å²) in [5.41, 5.74) is 1.88. The van der Waals surface area contributed by atoms with Gasteiger partial charge in [-0.25, -0.2) is 13.4 Å². The molecule has 0 radical (unpaired) electrons. The number of fused-ring (bicyclic) bond motifs is 1. The van der Waals surface area contributed by atoms with Crippen LogP contribution in [0.2, 0.25) is 0 Å². The van der Waals surface area contributed by atoms with Gasteiger partial charge in [0.15, 0.2) is 9.84 Å². The normalized spacial score (nSPS) is 17.4. The van der Waals surface area contributed by atoms with Gasteiger partial charge in [-0.2, -0.15) is 0 Å². The van der Waals surface area contributed by atoms with Crippen LogP contribution >= 0.6 is 0 Å². The van der Waals surface area contributed by atoms with Gasteiger partial charge >= 0.3 is 0 Å². The monoisotopic (exact) mass is 308 g/mol. The molecule has 21 heavy (non-hydrogen) atoms. The minimum Gasteiger partial charge on any atom is -0.381 e. The number of ether oxygens (including phenoxy) is 1. The van der Waals surface area contributed by atoms with Crippen LogP contribution in [-0.4, -0.2) is 37.4 Å². The molecule has 0 aliphatic carbocycles. The number of nitrogens with zero attached hydrogens (tertiary/aromatic N) is 2. The van der Waals surface area contributed by atoms with Gasteiger partial charge in [0, 0.05) is 26.0 Å². The van der Waals surface area contributed by atoms with Crippen molar-refractivity contribution in [1.82, 2.24) is 9.55 Å². The fourth-order valence-corrected chi connectivity index (χ4v) is 3.55. The molecular weight excluding hydrogens is 288 g/mol. The highest BCUT2D eigenvalue weighted by Gasteiger charge is 2.20. The third-order valence-electron chi connectivity index (χ3n) is 3.91. The van der Waals surface area contributed by atoms with Crippen LogP contribution < -0.4 is 0 Å². The lowest BCUT2D eigenvalue weighted by atomic mass is 10.0. The fraction of sp³-hybridized carbons (Fsp3) is 0.533. The molecule has 2 aromatic rings. The highest BCUT2D eigenvalue weighted by Crippen LogP contribution is 2.23. The van der Waals surface area contributed by atoms with Crippen LogP contribution in [0.15, 0.2) is 24.3 Å². The van der Waals surface area contributed by atoms with Crippen LogP contribution in [-0.2, 0) is 26.9 Å². The first-order chi connectivity index (χ1) is 10.0. The van der Waals surface area contributed by atoms with Gasteiger partial charge in [-0.1, -0.05) is 12.1 Å². The zero-order valence-electron chi connectivity index (χ0n) is 12.2. The van der Waals surface area contributed by atoms with E-state index in [1.807, 2.05) is 24.3 Å². The van der Waals surface area contributed by atoms with Crippen molar-refractivity contribution < 1.29 is 13.2 Å². The molecular formula is C15H20N2O3S. The molecule has 0 amide bonds. The highest BCUT2D eigenvalue weighted by molar-refractivity contribution is 7.89. The van der Waals surface area contributed by atoms with Crippen LogP contribution in [0, 0.1) is 5.92 Å². The lowest BCUT2D eigenvalue weighted by molar-refractivity contribution is 0.0614. The predicted octanol–water partition coefficient (Wildman–Crippen LogP) is 2.01. The molecule has 0 unspecified atom stereocenters. The summed E-state index contributed by atoms with van der Waals surface area (Å²) in [6.45, 7) is 2.39. The minimum atomic E-state index is -3.10. The molecule has 1 fully saturated rings. The van der Waals surface area contributed by atoms with E-state index in [0.29, 0.717) is 11.7 Å². The van der Waals surface area contributed by atoms with Crippen LogP contribution in [0.5, 0.6) is 0 Å². The molecule has 1 aromatic heterocycles. The summed E-state index contributed by atoms with van der Waals surface area (Å²) in [6.07, 6.45) is 3.29. The maximum absolute atomic E-state index is 11.6. The molecule has 2 heterocycles.